The van der Waals surface area contributed by atoms with E-state index in [2.05, 4.69) is 25.2 Å². The maximum Gasteiger partial charge on any atom is 0.333 e. The number of hydrogen-bond acceptors (Lipinski definition) is 7. The molecular formula is C19H20N8O3. The molecule has 0 saturated carbocycles. The molecule has 11 nitrogen and oxygen atoms in total. The molecule has 0 aromatic carbocycles. The third-order valence-corrected chi connectivity index (χ3v) is 4.38. The second-order valence-corrected chi connectivity index (χ2v) is 7.56. The van der Waals surface area contributed by atoms with Crippen molar-refractivity contribution in [3.8, 4) is 11.7 Å². The van der Waals surface area contributed by atoms with Gasteiger partial charge in [-0.3, -0.25) is 13.9 Å². The summed E-state index contributed by atoms with van der Waals surface area (Å²) in [5, 5.41) is 22.7. The summed E-state index contributed by atoms with van der Waals surface area (Å²) < 4.78 is 3.05. The van der Waals surface area contributed by atoms with Crippen molar-refractivity contribution < 1.29 is 5.11 Å². The van der Waals surface area contributed by atoms with Gasteiger partial charge in [0.2, 0.25) is 11.6 Å². The molecule has 3 rings (SSSR count). The molecular weight excluding hydrogens is 388 g/mol. The molecule has 154 valence electrons. The summed E-state index contributed by atoms with van der Waals surface area (Å²) in [6.07, 6.45) is 1.57. The molecule has 3 heterocycles. The Morgan fingerprint density at radius 1 is 1.13 bits per heavy atom. The van der Waals surface area contributed by atoms with Crippen LogP contribution in [0.4, 0.5) is 17.2 Å². The van der Waals surface area contributed by atoms with Crippen molar-refractivity contribution in [2.24, 2.45) is 24.3 Å². The summed E-state index contributed by atoms with van der Waals surface area (Å²) in [6.45, 7) is 13.3. The number of pyridine rings is 1. The minimum atomic E-state index is -0.816. The van der Waals surface area contributed by atoms with Crippen molar-refractivity contribution in [2.75, 3.05) is 0 Å². The Morgan fingerprint density at radius 2 is 1.83 bits per heavy atom. The number of aromatic nitrogens is 5. The van der Waals surface area contributed by atoms with E-state index in [-0.39, 0.29) is 11.5 Å². The number of rotatable bonds is 3. The van der Waals surface area contributed by atoms with E-state index in [1.54, 1.807) is 24.4 Å². The summed E-state index contributed by atoms with van der Waals surface area (Å²) >= 11 is 0. The Kier molecular flexibility index (Phi) is 5.09. The van der Waals surface area contributed by atoms with Crippen LogP contribution < -0.4 is 11.2 Å². The van der Waals surface area contributed by atoms with Crippen LogP contribution in [0.15, 0.2) is 44.2 Å². The monoisotopic (exact) mass is 408 g/mol. The van der Waals surface area contributed by atoms with Crippen molar-refractivity contribution >= 4 is 17.2 Å². The molecule has 3 aromatic rings. The van der Waals surface area contributed by atoms with E-state index in [1.807, 2.05) is 20.8 Å². The van der Waals surface area contributed by atoms with Crippen LogP contribution in [0.1, 0.15) is 26.5 Å². The summed E-state index contributed by atoms with van der Waals surface area (Å²) in [6, 6.07) is 5.18. The van der Waals surface area contributed by atoms with Crippen LogP contribution in [0.2, 0.25) is 0 Å². The van der Waals surface area contributed by atoms with E-state index >= 15 is 0 Å². The molecule has 11 heteroatoms. The Hall–Kier alpha value is -4.07. The van der Waals surface area contributed by atoms with Crippen LogP contribution in [0.5, 0.6) is 5.88 Å². The second-order valence-electron chi connectivity index (χ2n) is 7.56. The predicted octanol–water partition coefficient (Wildman–Crippen LogP) is 2.63. The predicted molar refractivity (Wildman–Crippen MR) is 109 cm³/mol. The van der Waals surface area contributed by atoms with E-state index in [1.165, 1.54) is 18.8 Å². The highest BCUT2D eigenvalue weighted by Gasteiger charge is 2.28. The van der Waals surface area contributed by atoms with Crippen molar-refractivity contribution in [3.63, 3.8) is 0 Å². The molecule has 0 saturated heterocycles. The largest absolute Gasteiger partial charge is 0.493 e. The summed E-state index contributed by atoms with van der Waals surface area (Å²) in [7, 11) is 2.57. The van der Waals surface area contributed by atoms with Crippen LogP contribution in [0, 0.1) is 6.57 Å². The topological polar surface area (TPSA) is 124 Å². The van der Waals surface area contributed by atoms with Gasteiger partial charge in [0.15, 0.2) is 11.6 Å². The molecule has 0 fully saturated rings. The minimum absolute atomic E-state index is 0.0592. The van der Waals surface area contributed by atoms with Gasteiger partial charge in [0.25, 0.3) is 11.2 Å². The minimum Gasteiger partial charge on any atom is -0.493 e. The van der Waals surface area contributed by atoms with Gasteiger partial charge in [0.1, 0.15) is 0 Å². The molecule has 0 unspecified atom stereocenters. The van der Waals surface area contributed by atoms with E-state index in [0.29, 0.717) is 11.5 Å². The molecule has 0 aliphatic rings. The molecule has 0 spiro atoms. The number of hydrogen-bond donors (Lipinski definition) is 1. The van der Waals surface area contributed by atoms with E-state index in [4.69, 9.17) is 6.57 Å². The maximum atomic E-state index is 12.4. The van der Waals surface area contributed by atoms with Crippen LogP contribution >= 0.6 is 0 Å². The van der Waals surface area contributed by atoms with Gasteiger partial charge in [-0.25, -0.2) is 19.3 Å². The van der Waals surface area contributed by atoms with Gasteiger partial charge in [0, 0.05) is 20.3 Å². The molecule has 0 aliphatic carbocycles. The molecule has 0 amide bonds. The first-order valence-electron chi connectivity index (χ1n) is 8.91. The first-order chi connectivity index (χ1) is 14.1. The first kappa shape index (κ1) is 20.7. The summed E-state index contributed by atoms with van der Waals surface area (Å²) in [4.78, 5) is 32.1. The van der Waals surface area contributed by atoms with Gasteiger partial charge in [-0.15, -0.1) is 10.2 Å². The third-order valence-electron chi connectivity index (χ3n) is 4.38. The quantitative estimate of drug-likeness (QED) is 0.527. The van der Waals surface area contributed by atoms with Gasteiger partial charge < -0.3 is 5.11 Å². The van der Waals surface area contributed by atoms with Crippen LogP contribution in [-0.4, -0.2) is 29.0 Å². The highest BCUT2D eigenvalue weighted by atomic mass is 16.3. The molecule has 0 atom stereocenters. The smallest absolute Gasteiger partial charge is 0.333 e. The van der Waals surface area contributed by atoms with Crippen LogP contribution in [0.3, 0.4) is 0 Å². The highest BCUT2D eigenvalue weighted by molar-refractivity contribution is 5.69. The average molecular weight is 408 g/mol. The standard InChI is InChI=1S/C19H20N8O3/c1-19(2,3)14-12(20-4)15(27(24-14)11-9-7-8-10-21-11)23-22-13-16(28)25(5)18(30)26(6)17(13)29/h7-10,28H,1-3,5-6H3. The fraction of sp³-hybridized carbons (Fsp3) is 0.316. The van der Waals surface area contributed by atoms with Crippen molar-refractivity contribution in [1.29, 1.82) is 0 Å². The fourth-order valence-corrected chi connectivity index (χ4v) is 2.74. The Morgan fingerprint density at radius 3 is 2.40 bits per heavy atom. The van der Waals surface area contributed by atoms with Gasteiger partial charge in [0.05, 0.1) is 12.3 Å². The zero-order valence-corrected chi connectivity index (χ0v) is 17.2. The lowest BCUT2D eigenvalue weighted by molar-refractivity contribution is 0.413. The number of azo groups is 1. The van der Waals surface area contributed by atoms with Gasteiger partial charge >= 0.3 is 5.69 Å². The molecule has 30 heavy (non-hydrogen) atoms. The van der Waals surface area contributed by atoms with E-state index in [0.717, 1.165) is 9.13 Å². The molecule has 3 aromatic heterocycles. The zero-order chi connectivity index (χ0) is 22.2. The number of aromatic hydroxyl groups is 1. The normalized spacial score (nSPS) is 11.7. The first-order valence-corrected chi connectivity index (χ1v) is 8.91. The Bertz CT molecular complexity index is 1300. The Labute approximate surface area is 171 Å². The lowest BCUT2D eigenvalue weighted by Crippen LogP contribution is -2.36. The van der Waals surface area contributed by atoms with Gasteiger partial charge in [-0.2, -0.15) is 5.10 Å². The summed E-state index contributed by atoms with van der Waals surface area (Å²) in [5.41, 5.74) is -1.79. The maximum absolute atomic E-state index is 12.4. The van der Waals surface area contributed by atoms with Gasteiger partial charge in [-0.05, 0) is 17.5 Å². The van der Waals surface area contributed by atoms with Crippen molar-refractivity contribution in [1.82, 2.24) is 23.9 Å². The molecule has 0 aliphatic heterocycles. The van der Waals surface area contributed by atoms with Gasteiger partial charge in [-0.1, -0.05) is 26.8 Å². The highest BCUT2D eigenvalue weighted by Crippen LogP contribution is 2.40. The average Bonchev–Trinajstić information content (AvgIpc) is 3.10. The second kappa shape index (κ2) is 7.40. The summed E-state index contributed by atoms with van der Waals surface area (Å²) in [5.74, 6) is -0.162. The van der Waals surface area contributed by atoms with E-state index in [9.17, 15) is 14.7 Å². The van der Waals surface area contributed by atoms with Crippen LogP contribution in [-0.2, 0) is 19.5 Å². The number of nitrogens with zero attached hydrogens (tertiary/aromatic N) is 8. The third kappa shape index (κ3) is 3.39. The fourth-order valence-electron chi connectivity index (χ4n) is 2.74. The Balaban J connectivity index is 2.30. The molecule has 0 radical (unpaired) electrons. The van der Waals surface area contributed by atoms with E-state index < -0.39 is 28.2 Å². The lowest BCUT2D eigenvalue weighted by atomic mass is 9.91. The zero-order valence-electron chi connectivity index (χ0n) is 17.2. The van der Waals surface area contributed by atoms with Crippen LogP contribution in [0.25, 0.3) is 10.7 Å². The van der Waals surface area contributed by atoms with Crippen molar-refractivity contribution in [3.05, 3.63) is 62.3 Å². The SMILES string of the molecule is [C-]#[N+]c1c(C(C)(C)C)nn(-c2ccccn2)c1N=Nc1c(O)n(C)c(=O)n(C)c1=O. The molecule has 1 N–H and O–H groups in total. The molecule has 0 bridgehead atoms. The van der Waals surface area contributed by atoms with Crippen molar-refractivity contribution in [2.45, 2.75) is 26.2 Å². The lowest BCUT2D eigenvalue weighted by Gasteiger charge is -2.15.